The smallest absolute Gasteiger partial charge is 0.303 e. The van der Waals surface area contributed by atoms with E-state index in [2.05, 4.69) is 12.6 Å². The van der Waals surface area contributed by atoms with Crippen LogP contribution in [0.1, 0.15) is 24.0 Å². The zero-order valence-electron chi connectivity index (χ0n) is 7.78. The summed E-state index contributed by atoms with van der Waals surface area (Å²) in [4.78, 5) is 10.8. The first kappa shape index (κ1) is 12.0. The fourth-order valence-electron chi connectivity index (χ4n) is 1.25. The monoisotopic (exact) mass is 232 g/mol. The van der Waals surface area contributed by atoms with Gasteiger partial charge >= 0.3 is 5.97 Å². The van der Waals surface area contributed by atoms with Crippen LogP contribution in [0.3, 0.4) is 0 Å². The van der Waals surface area contributed by atoms with Crippen LogP contribution < -0.4 is 0 Å². The van der Waals surface area contributed by atoms with Gasteiger partial charge in [-0.3, -0.25) is 4.79 Å². The van der Waals surface area contributed by atoms with Gasteiger partial charge in [0.1, 0.15) is 0 Å². The molecule has 0 aliphatic rings. The predicted octanol–water partition coefficient (Wildman–Crippen LogP) is 2.93. The first-order valence-electron chi connectivity index (χ1n) is 4.32. The summed E-state index contributed by atoms with van der Waals surface area (Å²) in [7, 11) is 0. The number of hydrogen-bond acceptors (Lipinski definition) is 2. The van der Waals surface area contributed by atoms with Crippen LogP contribution >= 0.6 is 12.6 Å². The van der Waals surface area contributed by atoms with Crippen LogP contribution in [-0.4, -0.2) is 11.1 Å². The number of carboxylic acid groups (broad SMARTS) is 1. The maximum absolute atomic E-state index is 12.6. The molecule has 0 aromatic heterocycles. The summed E-state index contributed by atoms with van der Waals surface area (Å²) in [5.74, 6) is -0.995. The number of rotatable bonds is 4. The molecule has 1 rings (SSSR count). The fraction of sp³-hybridized carbons (Fsp3) is 0.300. The third-order valence-electron chi connectivity index (χ3n) is 1.97. The van der Waals surface area contributed by atoms with Crippen molar-refractivity contribution in [3.63, 3.8) is 0 Å². The molecule has 0 aliphatic heterocycles. The molecule has 0 unspecified atom stereocenters. The van der Waals surface area contributed by atoms with Gasteiger partial charge in [0.05, 0.1) is 0 Å². The summed E-state index contributed by atoms with van der Waals surface area (Å²) in [6.07, 6.45) is -2.63. The van der Waals surface area contributed by atoms with Gasteiger partial charge in [0.2, 0.25) is 0 Å². The average molecular weight is 232 g/mol. The van der Waals surface area contributed by atoms with E-state index >= 15 is 0 Å². The van der Waals surface area contributed by atoms with Crippen molar-refractivity contribution in [3.05, 3.63) is 29.3 Å². The molecule has 0 fully saturated rings. The Hall–Kier alpha value is -1.10. The molecule has 0 saturated carbocycles. The van der Waals surface area contributed by atoms with Crippen LogP contribution in [0.15, 0.2) is 23.1 Å². The molecule has 1 aromatic carbocycles. The fourth-order valence-corrected chi connectivity index (χ4v) is 1.47. The lowest BCUT2D eigenvalue weighted by Gasteiger charge is -2.08. The third kappa shape index (κ3) is 3.51. The molecule has 0 saturated heterocycles. The maximum Gasteiger partial charge on any atom is 0.303 e. The lowest BCUT2D eigenvalue weighted by Crippen LogP contribution is -2.01. The van der Waals surface area contributed by atoms with E-state index in [9.17, 15) is 13.6 Å². The van der Waals surface area contributed by atoms with Gasteiger partial charge in [-0.05, 0) is 24.1 Å². The van der Waals surface area contributed by atoms with Crippen molar-refractivity contribution in [3.8, 4) is 0 Å². The van der Waals surface area contributed by atoms with Gasteiger partial charge in [-0.1, -0.05) is 6.07 Å². The summed E-state index contributed by atoms with van der Waals surface area (Å²) in [5, 5.41) is 8.46. The molecule has 0 atom stereocenters. The van der Waals surface area contributed by atoms with E-state index in [1.807, 2.05) is 0 Å². The number of aliphatic carboxylic acids is 1. The first-order valence-corrected chi connectivity index (χ1v) is 4.77. The number of aryl methyl sites for hydroxylation is 1. The molecule has 0 radical (unpaired) electrons. The number of thiol groups is 1. The SMILES string of the molecule is O=C(O)CCc1ccc(S)cc1C(F)F. The lowest BCUT2D eigenvalue weighted by molar-refractivity contribution is -0.136. The minimum Gasteiger partial charge on any atom is -0.481 e. The minimum absolute atomic E-state index is 0.114. The Bertz CT molecular complexity index is 366. The van der Waals surface area contributed by atoms with Crippen LogP contribution in [0.5, 0.6) is 0 Å². The summed E-state index contributed by atoms with van der Waals surface area (Å²) in [5.41, 5.74) is 0.231. The zero-order valence-corrected chi connectivity index (χ0v) is 8.68. The molecular formula is C10H10F2O2S. The Labute approximate surface area is 91.3 Å². The van der Waals surface area contributed by atoms with E-state index in [1.54, 1.807) is 6.07 Å². The van der Waals surface area contributed by atoms with Crippen molar-refractivity contribution in [2.75, 3.05) is 0 Å². The molecule has 0 spiro atoms. The van der Waals surface area contributed by atoms with Gasteiger partial charge in [-0.25, -0.2) is 8.78 Å². The molecule has 0 amide bonds. The summed E-state index contributed by atoms with van der Waals surface area (Å²) >= 11 is 3.96. The van der Waals surface area contributed by atoms with Crippen LogP contribution in [0.2, 0.25) is 0 Å². The van der Waals surface area contributed by atoms with E-state index < -0.39 is 12.4 Å². The van der Waals surface area contributed by atoms with Gasteiger partial charge in [-0.2, -0.15) is 0 Å². The Kier molecular flexibility index (Phi) is 4.08. The second-order valence-corrected chi connectivity index (χ2v) is 3.59. The Morgan fingerprint density at radius 2 is 2.13 bits per heavy atom. The quantitative estimate of drug-likeness (QED) is 0.783. The summed E-state index contributed by atoms with van der Waals surface area (Å²) in [6.45, 7) is 0. The van der Waals surface area contributed by atoms with Crippen molar-refractivity contribution in [2.24, 2.45) is 0 Å². The van der Waals surface area contributed by atoms with Gasteiger partial charge in [-0.15, -0.1) is 12.6 Å². The van der Waals surface area contributed by atoms with Crippen molar-refractivity contribution in [2.45, 2.75) is 24.2 Å². The molecule has 0 heterocycles. The number of halogens is 2. The highest BCUT2D eigenvalue weighted by Gasteiger charge is 2.13. The topological polar surface area (TPSA) is 37.3 Å². The van der Waals surface area contributed by atoms with Crippen LogP contribution in [0.25, 0.3) is 0 Å². The number of benzene rings is 1. The van der Waals surface area contributed by atoms with E-state index in [4.69, 9.17) is 5.11 Å². The number of carbonyl (C=O) groups is 1. The normalized spacial score (nSPS) is 10.7. The maximum atomic E-state index is 12.6. The second-order valence-electron chi connectivity index (χ2n) is 3.08. The molecule has 82 valence electrons. The highest BCUT2D eigenvalue weighted by Crippen LogP contribution is 2.26. The van der Waals surface area contributed by atoms with E-state index in [-0.39, 0.29) is 18.4 Å². The molecule has 0 aliphatic carbocycles. The van der Waals surface area contributed by atoms with Crippen molar-refractivity contribution in [1.82, 2.24) is 0 Å². The van der Waals surface area contributed by atoms with Gasteiger partial charge in [0.25, 0.3) is 6.43 Å². The van der Waals surface area contributed by atoms with Crippen LogP contribution in [0.4, 0.5) is 8.78 Å². The van der Waals surface area contributed by atoms with Crippen molar-refractivity contribution < 1.29 is 18.7 Å². The predicted molar refractivity (Wildman–Crippen MR) is 54.6 cm³/mol. The molecule has 0 bridgehead atoms. The molecule has 1 aromatic rings. The summed E-state index contributed by atoms with van der Waals surface area (Å²) in [6, 6.07) is 4.34. The number of hydrogen-bond donors (Lipinski definition) is 2. The average Bonchev–Trinajstić information content (AvgIpc) is 2.15. The van der Waals surface area contributed by atoms with E-state index in [0.29, 0.717) is 10.5 Å². The third-order valence-corrected chi connectivity index (χ3v) is 2.25. The standard InChI is InChI=1S/C10H10F2O2S/c11-10(12)8-5-7(15)3-1-6(8)2-4-9(13)14/h1,3,5,10,15H,2,4H2,(H,13,14). The van der Waals surface area contributed by atoms with Gasteiger partial charge in [0.15, 0.2) is 0 Å². The number of alkyl halides is 2. The Morgan fingerprint density at radius 3 is 2.67 bits per heavy atom. The van der Waals surface area contributed by atoms with Gasteiger partial charge < -0.3 is 5.11 Å². The van der Waals surface area contributed by atoms with Crippen LogP contribution in [-0.2, 0) is 11.2 Å². The molecule has 15 heavy (non-hydrogen) atoms. The van der Waals surface area contributed by atoms with Crippen molar-refractivity contribution in [1.29, 1.82) is 0 Å². The Morgan fingerprint density at radius 1 is 1.47 bits per heavy atom. The lowest BCUT2D eigenvalue weighted by atomic mass is 10.0. The molecule has 2 nitrogen and oxygen atoms in total. The molecular weight excluding hydrogens is 222 g/mol. The van der Waals surface area contributed by atoms with Crippen molar-refractivity contribution >= 4 is 18.6 Å². The first-order chi connectivity index (χ1) is 7.00. The second kappa shape index (κ2) is 5.11. The molecule has 5 heteroatoms. The highest BCUT2D eigenvalue weighted by atomic mass is 32.1. The highest BCUT2D eigenvalue weighted by molar-refractivity contribution is 7.80. The van der Waals surface area contributed by atoms with Crippen LogP contribution in [0, 0.1) is 0 Å². The zero-order chi connectivity index (χ0) is 11.4. The minimum atomic E-state index is -2.60. The van der Waals surface area contributed by atoms with E-state index in [1.165, 1.54) is 12.1 Å². The molecule has 1 N–H and O–H groups in total. The largest absolute Gasteiger partial charge is 0.481 e. The summed E-state index contributed by atoms with van der Waals surface area (Å²) < 4.78 is 25.1. The Balaban J connectivity index is 2.90. The van der Waals surface area contributed by atoms with E-state index in [0.717, 1.165) is 0 Å². The van der Waals surface area contributed by atoms with Gasteiger partial charge in [0, 0.05) is 16.9 Å². The number of carboxylic acids is 1.